The Labute approximate surface area is 139 Å². The first-order valence-electron chi connectivity index (χ1n) is 7.14. The van der Waals surface area contributed by atoms with Gasteiger partial charge < -0.3 is 0 Å². The van der Waals surface area contributed by atoms with E-state index in [9.17, 15) is 30.3 Å². The van der Waals surface area contributed by atoms with Crippen LogP contribution in [0.4, 0.5) is 17.1 Å². The molecule has 0 heterocycles. The number of non-ortho nitro benzene ring substituents is 1. The van der Waals surface area contributed by atoms with Crippen molar-refractivity contribution in [3.8, 4) is 11.1 Å². The Balaban J connectivity index is 2.40. The van der Waals surface area contributed by atoms with E-state index in [1.54, 1.807) is 6.92 Å². The maximum atomic E-state index is 11.4. The molecule has 10 nitrogen and oxygen atoms in total. The molecule has 1 aliphatic carbocycles. The largest absolute Gasteiger partial charge is 0.300 e. The van der Waals surface area contributed by atoms with Gasteiger partial charge in [-0.1, -0.05) is 6.92 Å². The topological polar surface area (TPSA) is 153 Å². The molecule has 0 saturated carbocycles. The van der Waals surface area contributed by atoms with Crippen LogP contribution in [0.3, 0.4) is 0 Å². The zero-order chi connectivity index (χ0) is 18.5. The summed E-state index contributed by atoms with van der Waals surface area (Å²) in [7, 11) is 0. The Morgan fingerprint density at radius 1 is 0.840 bits per heavy atom. The van der Waals surface area contributed by atoms with E-state index in [4.69, 9.17) is 5.41 Å². The molecule has 25 heavy (non-hydrogen) atoms. The molecule has 3 rings (SSSR count). The summed E-state index contributed by atoms with van der Waals surface area (Å²) < 4.78 is 0. The molecule has 0 unspecified atom stereocenters. The van der Waals surface area contributed by atoms with Crippen molar-refractivity contribution in [1.29, 1.82) is 5.41 Å². The lowest BCUT2D eigenvalue weighted by Crippen LogP contribution is -2.00. The first-order valence-corrected chi connectivity index (χ1v) is 7.14. The van der Waals surface area contributed by atoms with Crippen molar-refractivity contribution >= 4 is 22.8 Å². The zero-order valence-electron chi connectivity index (χ0n) is 12.8. The summed E-state index contributed by atoms with van der Waals surface area (Å²) in [6.45, 7) is 1.72. The van der Waals surface area contributed by atoms with Crippen molar-refractivity contribution in [2.75, 3.05) is 0 Å². The van der Waals surface area contributed by atoms with Gasteiger partial charge in [0.25, 0.3) is 17.1 Å². The average molecular weight is 342 g/mol. The number of fused-ring (bicyclic) bond motifs is 3. The lowest BCUT2D eigenvalue weighted by atomic mass is 9.99. The summed E-state index contributed by atoms with van der Waals surface area (Å²) in [5.41, 5.74) is -0.500. The van der Waals surface area contributed by atoms with Crippen LogP contribution in [0.1, 0.15) is 23.6 Å². The average Bonchev–Trinajstić information content (AvgIpc) is 2.84. The molecule has 2 aromatic carbocycles. The van der Waals surface area contributed by atoms with E-state index in [1.165, 1.54) is 12.1 Å². The molecule has 0 spiro atoms. The summed E-state index contributed by atoms with van der Waals surface area (Å²) in [6, 6.07) is 4.54. The van der Waals surface area contributed by atoms with Crippen molar-refractivity contribution < 1.29 is 14.8 Å². The first-order chi connectivity index (χ1) is 11.8. The summed E-state index contributed by atoms with van der Waals surface area (Å²) >= 11 is 0. The van der Waals surface area contributed by atoms with E-state index in [2.05, 4.69) is 0 Å². The Bertz CT molecular complexity index is 998. The highest BCUT2D eigenvalue weighted by molar-refractivity contribution is 6.25. The van der Waals surface area contributed by atoms with Gasteiger partial charge in [0.15, 0.2) is 0 Å². The van der Waals surface area contributed by atoms with E-state index in [0.717, 1.165) is 12.1 Å². The van der Waals surface area contributed by atoms with Crippen molar-refractivity contribution in [2.24, 2.45) is 0 Å². The minimum atomic E-state index is -0.784. The number of rotatable bonds is 4. The fraction of sp³-hybridized carbons (Fsp3) is 0.133. The van der Waals surface area contributed by atoms with E-state index in [0.29, 0.717) is 17.5 Å². The molecule has 0 aromatic heterocycles. The second-order valence-electron chi connectivity index (χ2n) is 5.41. The second-order valence-corrected chi connectivity index (χ2v) is 5.41. The monoisotopic (exact) mass is 342 g/mol. The van der Waals surface area contributed by atoms with Gasteiger partial charge in [0.05, 0.1) is 32.1 Å². The highest BCUT2D eigenvalue weighted by atomic mass is 16.6. The van der Waals surface area contributed by atoms with Crippen LogP contribution >= 0.6 is 0 Å². The molecule has 0 amide bonds. The van der Waals surface area contributed by atoms with Crippen molar-refractivity contribution in [1.82, 2.24) is 0 Å². The number of benzene rings is 2. The van der Waals surface area contributed by atoms with Crippen LogP contribution < -0.4 is 0 Å². The molecule has 10 heteroatoms. The van der Waals surface area contributed by atoms with Gasteiger partial charge in [0.1, 0.15) is 0 Å². The van der Waals surface area contributed by atoms with Gasteiger partial charge in [-0.3, -0.25) is 35.8 Å². The lowest BCUT2D eigenvalue weighted by molar-refractivity contribution is -0.393. The van der Waals surface area contributed by atoms with Crippen LogP contribution in [0.2, 0.25) is 0 Å². The molecule has 0 saturated heterocycles. The molecule has 2 aromatic rings. The highest BCUT2D eigenvalue weighted by Crippen LogP contribution is 2.46. The van der Waals surface area contributed by atoms with Crippen LogP contribution in [0, 0.1) is 35.8 Å². The lowest BCUT2D eigenvalue weighted by Gasteiger charge is -2.05. The van der Waals surface area contributed by atoms with Crippen molar-refractivity contribution in [3.63, 3.8) is 0 Å². The highest BCUT2D eigenvalue weighted by Gasteiger charge is 2.36. The summed E-state index contributed by atoms with van der Waals surface area (Å²) in [5, 5.41) is 41.9. The second kappa shape index (κ2) is 5.44. The molecule has 126 valence electrons. The van der Waals surface area contributed by atoms with Gasteiger partial charge in [-0.2, -0.15) is 0 Å². The van der Waals surface area contributed by atoms with Crippen molar-refractivity contribution in [3.05, 3.63) is 71.3 Å². The third kappa shape index (κ3) is 2.31. The molecule has 0 fully saturated rings. The Hall–Kier alpha value is -3.69. The summed E-state index contributed by atoms with van der Waals surface area (Å²) in [6.07, 6.45) is 0.343. The SMILES string of the molecule is CCc1cc2c(cc1[N+](=O)[O-])-c1c(cc([N+](=O)[O-])cc1[N+](=O)[O-])C2=N. The number of aryl methyl sites for hydroxylation is 1. The number of nitro groups is 3. The zero-order valence-corrected chi connectivity index (χ0v) is 12.8. The molecule has 0 bridgehead atoms. The van der Waals surface area contributed by atoms with Crippen LogP contribution in [-0.4, -0.2) is 20.5 Å². The molecule has 0 atom stereocenters. The fourth-order valence-electron chi connectivity index (χ4n) is 2.99. The fourth-order valence-corrected chi connectivity index (χ4v) is 2.99. The Morgan fingerprint density at radius 3 is 2.00 bits per heavy atom. The third-order valence-electron chi connectivity index (χ3n) is 4.11. The number of nitrogens with one attached hydrogen (secondary N) is 1. The van der Waals surface area contributed by atoms with E-state index in [1.807, 2.05) is 0 Å². The van der Waals surface area contributed by atoms with Crippen LogP contribution in [0.5, 0.6) is 0 Å². The Morgan fingerprint density at radius 2 is 1.48 bits per heavy atom. The van der Waals surface area contributed by atoms with Gasteiger partial charge in [0.2, 0.25) is 0 Å². The number of hydrogen-bond acceptors (Lipinski definition) is 7. The number of hydrogen-bond donors (Lipinski definition) is 1. The number of nitrogens with zero attached hydrogens (tertiary/aromatic N) is 3. The standard InChI is InChI=1S/C15H10N4O6/c1-2-7-3-10-9(6-12(7)18(22)23)14-11(15(10)16)4-8(17(20)21)5-13(14)19(24)25/h3-6,16H,2H2,1H3. The maximum Gasteiger partial charge on any atom is 0.284 e. The molecule has 1 aliphatic rings. The molecular formula is C15H10N4O6. The van der Waals surface area contributed by atoms with Crippen molar-refractivity contribution in [2.45, 2.75) is 13.3 Å². The van der Waals surface area contributed by atoms with E-state index in [-0.39, 0.29) is 28.1 Å². The van der Waals surface area contributed by atoms with Gasteiger partial charge in [-0.25, -0.2) is 0 Å². The van der Waals surface area contributed by atoms with Gasteiger partial charge in [-0.15, -0.1) is 0 Å². The van der Waals surface area contributed by atoms with Gasteiger partial charge in [0, 0.05) is 34.4 Å². The molecular weight excluding hydrogens is 332 g/mol. The van der Waals surface area contributed by atoms with Crippen LogP contribution in [0.15, 0.2) is 24.3 Å². The molecule has 0 aliphatic heterocycles. The predicted octanol–water partition coefficient (Wildman–Crippen LogP) is 3.37. The van der Waals surface area contributed by atoms with Crippen LogP contribution in [-0.2, 0) is 6.42 Å². The normalized spacial score (nSPS) is 11.8. The van der Waals surface area contributed by atoms with E-state index < -0.39 is 26.1 Å². The van der Waals surface area contributed by atoms with Gasteiger partial charge >= 0.3 is 0 Å². The maximum absolute atomic E-state index is 11.4. The quantitative estimate of drug-likeness (QED) is 0.566. The first kappa shape index (κ1) is 16.2. The van der Waals surface area contributed by atoms with E-state index >= 15 is 0 Å². The molecule has 0 radical (unpaired) electrons. The van der Waals surface area contributed by atoms with Gasteiger partial charge in [-0.05, 0) is 12.5 Å². The molecule has 1 N–H and O–H groups in total. The summed E-state index contributed by atoms with van der Waals surface area (Å²) in [4.78, 5) is 31.5. The smallest absolute Gasteiger partial charge is 0.284 e. The predicted molar refractivity (Wildman–Crippen MR) is 87.1 cm³/mol. The summed E-state index contributed by atoms with van der Waals surface area (Å²) in [5.74, 6) is 0. The minimum Gasteiger partial charge on any atom is -0.300 e. The minimum absolute atomic E-state index is 0.00125. The third-order valence-corrected chi connectivity index (χ3v) is 4.11. The van der Waals surface area contributed by atoms with Crippen LogP contribution in [0.25, 0.3) is 11.1 Å². The Kier molecular flexibility index (Phi) is 3.52. The number of nitro benzene ring substituents is 3.